The van der Waals surface area contributed by atoms with Crippen molar-refractivity contribution in [1.29, 1.82) is 0 Å². The largest absolute Gasteiger partial charge is 0.365 e. The summed E-state index contributed by atoms with van der Waals surface area (Å²) in [6, 6.07) is 2.67. The number of carbonyl (C=O) groups is 1. The number of aryl methyl sites for hydroxylation is 1. The summed E-state index contributed by atoms with van der Waals surface area (Å²) in [5.41, 5.74) is 5.33. The number of halogens is 1. The molecule has 6 heteroatoms. The Morgan fingerprint density at radius 1 is 1.57 bits per heavy atom. The first-order valence-corrected chi connectivity index (χ1v) is 4.47. The van der Waals surface area contributed by atoms with Crippen LogP contribution in [0.25, 0.3) is 0 Å². The molecule has 0 aliphatic rings. The highest BCUT2D eigenvalue weighted by molar-refractivity contribution is 9.10. The zero-order valence-electron chi connectivity index (χ0n) is 7.28. The van der Waals surface area contributed by atoms with Gasteiger partial charge in [-0.3, -0.25) is 14.9 Å². The summed E-state index contributed by atoms with van der Waals surface area (Å²) in [4.78, 5) is 20.8. The van der Waals surface area contributed by atoms with Gasteiger partial charge in [0.05, 0.1) is 4.92 Å². The fourth-order valence-corrected chi connectivity index (χ4v) is 1.36. The minimum absolute atomic E-state index is 0.0903. The lowest BCUT2D eigenvalue weighted by Crippen LogP contribution is -2.13. The van der Waals surface area contributed by atoms with Crippen LogP contribution in [0.4, 0.5) is 5.69 Å². The van der Waals surface area contributed by atoms with Gasteiger partial charge in [-0.1, -0.05) is 15.9 Å². The molecule has 1 rings (SSSR count). The van der Waals surface area contributed by atoms with E-state index in [0.29, 0.717) is 10.0 Å². The van der Waals surface area contributed by atoms with Crippen molar-refractivity contribution in [1.82, 2.24) is 0 Å². The van der Waals surface area contributed by atoms with Gasteiger partial charge in [-0.25, -0.2) is 0 Å². The van der Waals surface area contributed by atoms with Gasteiger partial charge in [-0.05, 0) is 18.6 Å². The number of nitro benzene ring substituents is 1. The molecule has 14 heavy (non-hydrogen) atoms. The highest BCUT2D eigenvalue weighted by Gasteiger charge is 2.19. The second-order valence-corrected chi connectivity index (χ2v) is 3.59. The van der Waals surface area contributed by atoms with E-state index < -0.39 is 10.8 Å². The second kappa shape index (κ2) is 3.75. The fourth-order valence-electron chi connectivity index (χ4n) is 1.01. The fraction of sp³-hybridized carbons (Fsp3) is 0.125. The number of primary amides is 1. The summed E-state index contributed by atoms with van der Waals surface area (Å²) in [5, 5.41) is 10.6. The van der Waals surface area contributed by atoms with E-state index in [2.05, 4.69) is 15.9 Å². The summed E-state index contributed by atoms with van der Waals surface area (Å²) in [6.45, 7) is 1.70. The van der Waals surface area contributed by atoms with Gasteiger partial charge in [0.1, 0.15) is 5.56 Å². The highest BCUT2D eigenvalue weighted by Crippen LogP contribution is 2.26. The van der Waals surface area contributed by atoms with Crippen molar-refractivity contribution in [2.45, 2.75) is 6.92 Å². The third-order valence-electron chi connectivity index (χ3n) is 1.74. The third kappa shape index (κ3) is 1.90. The number of nitrogens with zero attached hydrogens (tertiary/aromatic N) is 1. The molecule has 0 unspecified atom stereocenters. The van der Waals surface area contributed by atoms with Crippen molar-refractivity contribution in [3.8, 4) is 0 Å². The molecule has 0 bridgehead atoms. The molecule has 74 valence electrons. The molecule has 0 atom stereocenters. The Hall–Kier alpha value is -1.43. The predicted octanol–water partition coefficient (Wildman–Crippen LogP) is 1.76. The van der Waals surface area contributed by atoms with Gasteiger partial charge >= 0.3 is 0 Å². The maximum Gasteiger partial charge on any atom is 0.282 e. The Bertz CT molecular complexity index is 378. The summed E-state index contributed by atoms with van der Waals surface area (Å²) in [7, 11) is 0. The molecule has 1 amide bonds. The van der Waals surface area contributed by atoms with Gasteiger partial charge < -0.3 is 5.73 Å². The van der Waals surface area contributed by atoms with E-state index in [4.69, 9.17) is 5.73 Å². The van der Waals surface area contributed by atoms with Gasteiger partial charge in [-0.15, -0.1) is 0 Å². The normalized spacial score (nSPS) is 9.86. The molecule has 0 fully saturated rings. The summed E-state index contributed by atoms with van der Waals surface area (Å²) < 4.78 is 0.622. The minimum atomic E-state index is -0.808. The maximum atomic E-state index is 10.9. The number of amides is 1. The summed E-state index contributed by atoms with van der Waals surface area (Å²) >= 11 is 3.17. The van der Waals surface area contributed by atoms with E-state index in [1.807, 2.05) is 0 Å². The Labute approximate surface area is 88.2 Å². The number of hydrogen-bond acceptors (Lipinski definition) is 3. The quantitative estimate of drug-likeness (QED) is 0.648. The monoisotopic (exact) mass is 258 g/mol. The molecule has 0 radical (unpaired) electrons. The Morgan fingerprint density at radius 2 is 2.14 bits per heavy atom. The van der Waals surface area contributed by atoms with E-state index in [1.54, 1.807) is 6.92 Å². The average Bonchev–Trinajstić information content (AvgIpc) is 2.08. The van der Waals surface area contributed by atoms with E-state index in [-0.39, 0.29) is 11.3 Å². The first kappa shape index (κ1) is 10.6. The first-order chi connectivity index (χ1) is 6.43. The Morgan fingerprint density at radius 3 is 2.57 bits per heavy atom. The molecule has 0 aliphatic carbocycles. The molecule has 2 N–H and O–H groups in total. The van der Waals surface area contributed by atoms with E-state index >= 15 is 0 Å². The molecule has 0 saturated carbocycles. The Kier molecular flexibility index (Phi) is 2.85. The number of benzene rings is 1. The number of nitro groups is 1. The van der Waals surface area contributed by atoms with Crippen molar-refractivity contribution in [2.75, 3.05) is 0 Å². The van der Waals surface area contributed by atoms with Gasteiger partial charge in [0.15, 0.2) is 0 Å². The zero-order valence-corrected chi connectivity index (χ0v) is 8.87. The number of nitrogens with two attached hydrogens (primary N) is 1. The molecule has 0 saturated heterocycles. The van der Waals surface area contributed by atoms with Crippen LogP contribution in [0, 0.1) is 17.0 Å². The van der Waals surface area contributed by atoms with Crippen LogP contribution in [0.2, 0.25) is 0 Å². The summed E-state index contributed by atoms with van der Waals surface area (Å²) in [5.74, 6) is -0.808. The smallest absolute Gasteiger partial charge is 0.282 e. The van der Waals surface area contributed by atoms with Gasteiger partial charge in [0, 0.05) is 10.5 Å². The number of hydrogen-bond donors (Lipinski definition) is 1. The van der Waals surface area contributed by atoms with Crippen LogP contribution in [-0.4, -0.2) is 10.8 Å². The van der Waals surface area contributed by atoms with Crippen molar-refractivity contribution in [3.63, 3.8) is 0 Å². The van der Waals surface area contributed by atoms with Crippen LogP contribution in [0.5, 0.6) is 0 Å². The lowest BCUT2D eigenvalue weighted by Gasteiger charge is -2.02. The molecule has 1 aromatic carbocycles. The zero-order chi connectivity index (χ0) is 10.9. The Balaban J connectivity index is 3.46. The second-order valence-electron chi connectivity index (χ2n) is 2.74. The van der Waals surface area contributed by atoms with Crippen molar-refractivity contribution in [2.24, 2.45) is 5.73 Å². The molecular weight excluding hydrogens is 252 g/mol. The van der Waals surface area contributed by atoms with Gasteiger partial charge in [0.2, 0.25) is 0 Å². The number of carbonyl (C=O) groups excluding carboxylic acids is 1. The van der Waals surface area contributed by atoms with Gasteiger partial charge in [0.25, 0.3) is 11.6 Å². The van der Waals surface area contributed by atoms with Crippen LogP contribution in [0.15, 0.2) is 16.6 Å². The molecule has 1 aromatic rings. The average molecular weight is 259 g/mol. The lowest BCUT2D eigenvalue weighted by atomic mass is 10.1. The topological polar surface area (TPSA) is 86.2 Å². The first-order valence-electron chi connectivity index (χ1n) is 3.68. The van der Waals surface area contributed by atoms with Crippen LogP contribution in [0.3, 0.4) is 0 Å². The van der Waals surface area contributed by atoms with Crippen molar-refractivity contribution < 1.29 is 9.72 Å². The van der Waals surface area contributed by atoms with Crippen LogP contribution >= 0.6 is 15.9 Å². The van der Waals surface area contributed by atoms with E-state index in [9.17, 15) is 14.9 Å². The minimum Gasteiger partial charge on any atom is -0.365 e. The molecule has 0 heterocycles. The van der Waals surface area contributed by atoms with Crippen molar-refractivity contribution in [3.05, 3.63) is 37.8 Å². The molecule has 0 spiro atoms. The summed E-state index contributed by atoms with van der Waals surface area (Å²) in [6.07, 6.45) is 0. The van der Waals surface area contributed by atoms with Gasteiger partial charge in [-0.2, -0.15) is 0 Å². The third-order valence-corrected chi connectivity index (χ3v) is 2.59. The predicted molar refractivity (Wildman–Crippen MR) is 54.1 cm³/mol. The molecule has 0 aliphatic heterocycles. The van der Waals surface area contributed by atoms with E-state index in [1.165, 1.54) is 12.1 Å². The van der Waals surface area contributed by atoms with E-state index in [0.717, 1.165) is 0 Å². The molecule has 0 aromatic heterocycles. The van der Waals surface area contributed by atoms with Crippen LogP contribution in [0.1, 0.15) is 15.9 Å². The highest BCUT2D eigenvalue weighted by atomic mass is 79.9. The lowest BCUT2D eigenvalue weighted by molar-refractivity contribution is -0.385. The maximum absolute atomic E-state index is 10.9. The van der Waals surface area contributed by atoms with Crippen molar-refractivity contribution >= 4 is 27.5 Å². The standard InChI is InChI=1S/C8H7BrN2O3/c1-4-2-7(11(13)14)5(8(10)12)3-6(4)9/h2-3H,1H3,(H2,10,12). The SMILES string of the molecule is Cc1cc([N+](=O)[O-])c(C(N)=O)cc1Br. The number of rotatable bonds is 2. The molecule has 5 nitrogen and oxygen atoms in total. The van der Waals surface area contributed by atoms with Crippen LogP contribution in [-0.2, 0) is 0 Å². The molecular formula is C8H7BrN2O3. The van der Waals surface area contributed by atoms with Crippen LogP contribution < -0.4 is 5.73 Å².